The molecule has 0 bridgehead atoms. The Balaban J connectivity index is 3.40. The summed E-state index contributed by atoms with van der Waals surface area (Å²) in [7, 11) is 0. The summed E-state index contributed by atoms with van der Waals surface area (Å²) >= 11 is 0. The van der Waals surface area contributed by atoms with Crippen LogP contribution >= 0.6 is 0 Å². The number of hydrogen-bond donors (Lipinski definition) is 3. The number of amides is 1. The van der Waals surface area contributed by atoms with Crippen LogP contribution in [0, 0.1) is 0 Å². The van der Waals surface area contributed by atoms with E-state index in [0.717, 1.165) is 51.4 Å². The van der Waals surface area contributed by atoms with E-state index < -0.39 is 12.1 Å². The Morgan fingerprint density at radius 1 is 0.346 bits per heavy atom. The molecule has 0 aromatic carbocycles. The normalized spacial score (nSPS) is 12.7. The Kier molecular flexibility index (Phi) is 68.9. The third-order valence-electron chi connectivity index (χ3n) is 17.2. The number of carbonyl (C=O) groups is 2. The Labute approximate surface area is 506 Å². The fourth-order valence-electron chi connectivity index (χ4n) is 11.6. The first-order valence-electron chi connectivity index (χ1n) is 36.7. The summed E-state index contributed by atoms with van der Waals surface area (Å²) in [5, 5.41) is 23.4. The van der Waals surface area contributed by atoms with Gasteiger partial charge in [-0.25, -0.2) is 0 Å². The minimum atomic E-state index is -0.668. The third kappa shape index (κ3) is 67.1. The van der Waals surface area contributed by atoms with E-state index >= 15 is 0 Å². The van der Waals surface area contributed by atoms with Gasteiger partial charge >= 0.3 is 5.97 Å². The molecular weight excluding hydrogens is 995 g/mol. The number of carbonyl (C=O) groups excluding carboxylic acids is 2. The summed E-state index contributed by atoms with van der Waals surface area (Å²) < 4.78 is 5.49. The van der Waals surface area contributed by atoms with E-state index in [1.165, 1.54) is 321 Å². The van der Waals surface area contributed by atoms with Gasteiger partial charge in [-0.3, -0.25) is 9.59 Å². The standard InChI is InChI=1S/C75H143NO5/c1-3-5-7-9-11-13-15-17-19-21-22-23-27-30-33-36-39-43-47-51-55-59-63-67-73(78)72(71-77)76-74(79)68-64-60-56-52-48-44-40-37-34-31-28-25-24-26-29-32-35-38-42-46-50-54-58-62-66-70-81-75(80)69-65-61-57-53-49-45-41-20-18-16-14-12-10-8-6-4-2/h14,16,20,25,28,41,72-73,77-78H,3-13,15,17-19,21-24,26-27,29-40,42-71H2,1-2H3,(H,76,79)/b16-14-,28-25-,41-20-. The summed E-state index contributed by atoms with van der Waals surface area (Å²) in [5.41, 5.74) is 0. The molecule has 0 aliphatic heterocycles. The number of hydrogen-bond acceptors (Lipinski definition) is 5. The number of aliphatic hydroxyl groups excluding tert-OH is 2. The van der Waals surface area contributed by atoms with Gasteiger partial charge in [0.15, 0.2) is 0 Å². The Morgan fingerprint density at radius 2 is 0.617 bits per heavy atom. The van der Waals surface area contributed by atoms with Gasteiger partial charge in [0.2, 0.25) is 5.91 Å². The molecule has 0 rings (SSSR count). The Hall–Kier alpha value is -1.92. The number of nitrogens with one attached hydrogen (secondary N) is 1. The highest BCUT2D eigenvalue weighted by molar-refractivity contribution is 5.76. The zero-order valence-corrected chi connectivity index (χ0v) is 54.8. The molecule has 0 aromatic heterocycles. The van der Waals surface area contributed by atoms with Gasteiger partial charge in [0, 0.05) is 12.8 Å². The molecule has 2 atom stereocenters. The number of unbranched alkanes of at least 4 members (excludes halogenated alkanes) is 52. The van der Waals surface area contributed by atoms with E-state index in [0.29, 0.717) is 25.9 Å². The van der Waals surface area contributed by atoms with Gasteiger partial charge in [-0.1, -0.05) is 346 Å². The van der Waals surface area contributed by atoms with Crippen LogP contribution in [0.5, 0.6) is 0 Å². The topological polar surface area (TPSA) is 95.9 Å². The lowest BCUT2D eigenvalue weighted by atomic mass is 10.0. The number of esters is 1. The first-order valence-corrected chi connectivity index (χ1v) is 36.7. The van der Waals surface area contributed by atoms with Crippen LogP contribution in [0.2, 0.25) is 0 Å². The Morgan fingerprint density at radius 3 is 0.963 bits per heavy atom. The lowest BCUT2D eigenvalue weighted by Crippen LogP contribution is -2.45. The van der Waals surface area contributed by atoms with Crippen molar-refractivity contribution in [2.75, 3.05) is 13.2 Å². The molecule has 0 heterocycles. The van der Waals surface area contributed by atoms with E-state index in [4.69, 9.17) is 4.74 Å². The molecule has 0 aliphatic rings. The smallest absolute Gasteiger partial charge is 0.305 e. The summed E-state index contributed by atoms with van der Waals surface area (Å²) in [4.78, 5) is 24.6. The first kappa shape index (κ1) is 79.1. The molecule has 0 aromatic rings. The number of allylic oxidation sites excluding steroid dienone is 6. The van der Waals surface area contributed by atoms with Crippen molar-refractivity contribution in [2.24, 2.45) is 0 Å². The van der Waals surface area contributed by atoms with Crippen molar-refractivity contribution in [2.45, 2.75) is 418 Å². The maximum Gasteiger partial charge on any atom is 0.305 e. The van der Waals surface area contributed by atoms with Crippen LogP contribution in [0.1, 0.15) is 406 Å². The van der Waals surface area contributed by atoms with E-state index in [1.54, 1.807) is 0 Å². The quantitative estimate of drug-likeness (QED) is 0.0320. The van der Waals surface area contributed by atoms with Crippen molar-refractivity contribution >= 4 is 11.9 Å². The van der Waals surface area contributed by atoms with Crippen LogP contribution in [-0.2, 0) is 14.3 Å². The van der Waals surface area contributed by atoms with Gasteiger partial charge in [0.05, 0.1) is 25.4 Å². The van der Waals surface area contributed by atoms with Crippen LogP contribution in [-0.4, -0.2) is 47.4 Å². The van der Waals surface area contributed by atoms with Crippen LogP contribution in [0.15, 0.2) is 36.5 Å². The fourth-order valence-corrected chi connectivity index (χ4v) is 11.6. The maximum atomic E-state index is 12.6. The van der Waals surface area contributed by atoms with Crippen molar-refractivity contribution in [1.29, 1.82) is 0 Å². The van der Waals surface area contributed by atoms with Gasteiger partial charge in [0.1, 0.15) is 0 Å². The van der Waals surface area contributed by atoms with Gasteiger partial charge in [0.25, 0.3) is 0 Å². The number of aliphatic hydroxyl groups is 2. The molecule has 1 amide bonds. The lowest BCUT2D eigenvalue weighted by molar-refractivity contribution is -0.143. The average molecular weight is 1140 g/mol. The predicted octanol–water partition coefficient (Wildman–Crippen LogP) is 23.9. The van der Waals surface area contributed by atoms with Crippen molar-refractivity contribution in [3.63, 3.8) is 0 Å². The molecule has 2 unspecified atom stereocenters. The van der Waals surface area contributed by atoms with Crippen molar-refractivity contribution < 1.29 is 24.5 Å². The molecular formula is C75H143NO5. The minimum absolute atomic E-state index is 0.000703. The fraction of sp³-hybridized carbons (Fsp3) is 0.893. The average Bonchev–Trinajstić information content (AvgIpc) is 3.47. The van der Waals surface area contributed by atoms with Crippen LogP contribution in [0.25, 0.3) is 0 Å². The van der Waals surface area contributed by atoms with E-state index in [2.05, 4.69) is 55.6 Å². The highest BCUT2D eigenvalue weighted by Crippen LogP contribution is 2.19. The molecule has 0 spiro atoms. The van der Waals surface area contributed by atoms with Gasteiger partial charge in [-0.15, -0.1) is 0 Å². The van der Waals surface area contributed by atoms with Crippen molar-refractivity contribution in [3.05, 3.63) is 36.5 Å². The molecule has 0 aliphatic carbocycles. The molecule has 0 radical (unpaired) electrons. The second-order valence-electron chi connectivity index (χ2n) is 25.3. The highest BCUT2D eigenvalue weighted by Gasteiger charge is 2.20. The monoisotopic (exact) mass is 1140 g/mol. The SMILES string of the molecule is CCCCCC/C=C\C/C=C\CCCCCCCC(=O)OCCCCCCCCCCCCCC/C=C\CCCCCCCCCCCC(=O)NC(CO)C(O)CCCCCCCCCCCCCCCCCCCCCCCCC. The molecule has 478 valence electrons. The summed E-state index contributed by atoms with van der Waals surface area (Å²) in [6.45, 7) is 4.96. The molecule has 3 N–H and O–H groups in total. The second kappa shape index (κ2) is 70.6. The van der Waals surface area contributed by atoms with Crippen molar-refractivity contribution in [1.82, 2.24) is 5.32 Å². The lowest BCUT2D eigenvalue weighted by Gasteiger charge is -2.22. The maximum absolute atomic E-state index is 12.6. The molecule has 0 fully saturated rings. The van der Waals surface area contributed by atoms with Gasteiger partial charge < -0.3 is 20.3 Å². The molecule has 81 heavy (non-hydrogen) atoms. The third-order valence-corrected chi connectivity index (χ3v) is 17.2. The first-order chi connectivity index (χ1) is 40.0. The van der Waals surface area contributed by atoms with Crippen molar-refractivity contribution in [3.8, 4) is 0 Å². The zero-order chi connectivity index (χ0) is 58.5. The highest BCUT2D eigenvalue weighted by atomic mass is 16.5. The zero-order valence-electron chi connectivity index (χ0n) is 54.8. The molecule has 0 saturated carbocycles. The molecule has 0 saturated heterocycles. The van der Waals surface area contributed by atoms with Crippen LogP contribution in [0.3, 0.4) is 0 Å². The predicted molar refractivity (Wildman–Crippen MR) is 356 cm³/mol. The minimum Gasteiger partial charge on any atom is -0.466 e. The van der Waals surface area contributed by atoms with Crippen LogP contribution in [0.4, 0.5) is 0 Å². The number of rotatable bonds is 69. The largest absolute Gasteiger partial charge is 0.466 e. The summed E-state index contributed by atoms with van der Waals surface area (Å²) in [5.74, 6) is -0.0331. The van der Waals surface area contributed by atoms with Gasteiger partial charge in [-0.05, 0) is 83.5 Å². The van der Waals surface area contributed by atoms with Crippen LogP contribution < -0.4 is 5.32 Å². The van der Waals surface area contributed by atoms with E-state index in [-0.39, 0.29) is 18.5 Å². The number of ether oxygens (including phenoxy) is 1. The van der Waals surface area contributed by atoms with Gasteiger partial charge in [-0.2, -0.15) is 0 Å². The molecule has 6 nitrogen and oxygen atoms in total. The van der Waals surface area contributed by atoms with E-state index in [9.17, 15) is 19.8 Å². The second-order valence-corrected chi connectivity index (χ2v) is 25.3. The summed E-state index contributed by atoms with van der Waals surface area (Å²) in [6, 6.07) is -0.546. The van der Waals surface area contributed by atoms with E-state index in [1.807, 2.05) is 0 Å². The Bertz CT molecular complexity index is 1310. The summed E-state index contributed by atoms with van der Waals surface area (Å²) in [6.07, 6.45) is 90.5. The molecule has 6 heteroatoms.